The first kappa shape index (κ1) is 24.8. The van der Waals surface area contributed by atoms with Crippen LogP contribution < -0.4 is 0 Å². The fourth-order valence-corrected chi connectivity index (χ4v) is 5.06. The molecule has 1 saturated carbocycles. The minimum absolute atomic E-state index is 0.752. The minimum Gasteiger partial charge on any atom is -0.377 e. The molecule has 0 radical (unpaired) electrons. The van der Waals surface area contributed by atoms with Crippen LogP contribution in [0.2, 0.25) is 0 Å². The maximum absolute atomic E-state index is 5.66. The fourth-order valence-electron chi connectivity index (χ4n) is 5.06. The van der Waals surface area contributed by atoms with Crippen molar-refractivity contribution in [2.24, 2.45) is 5.92 Å². The van der Waals surface area contributed by atoms with Gasteiger partial charge in [-0.3, -0.25) is 0 Å². The summed E-state index contributed by atoms with van der Waals surface area (Å²) in [5.41, 5.74) is 5.81. The molecule has 0 N–H and O–H groups in total. The number of unbranched alkanes of at least 4 members (excludes halogenated alkanes) is 1. The van der Waals surface area contributed by atoms with Crippen LogP contribution in [-0.2, 0) is 24.2 Å². The number of aryl methyl sites for hydroxylation is 2. The quantitative estimate of drug-likeness (QED) is 0.227. The van der Waals surface area contributed by atoms with E-state index in [0.717, 1.165) is 44.3 Å². The average molecular weight is 433 g/mol. The van der Waals surface area contributed by atoms with Crippen molar-refractivity contribution in [3.8, 4) is 0 Å². The molecule has 2 aromatic carbocycles. The van der Waals surface area contributed by atoms with Gasteiger partial charge in [0.15, 0.2) is 0 Å². The fraction of sp³-hybridized carbons (Fsp3) is 0.548. The van der Waals surface area contributed by atoms with E-state index in [-0.39, 0.29) is 0 Å². The Bertz CT molecular complexity index is 763. The second kappa shape index (κ2) is 14.3. The third-order valence-corrected chi connectivity index (χ3v) is 7.10. The molecule has 1 fully saturated rings. The van der Waals surface area contributed by atoms with Crippen LogP contribution in [0, 0.1) is 5.92 Å². The molecule has 3 rings (SSSR count). The minimum atomic E-state index is 0.752. The lowest BCUT2D eigenvalue weighted by molar-refractivity contribution is 0.121. The van der Waals surface area contributed by atoms with Crippen LogP contribution in [0.4, 0.5) is 0 Å². The number of allylic oxidation sites excluding steroid dienone is 2. The monoisotopic (exact) mass is 432 g/mol. The Morgan fingerprint density at radius 3 is 2.12 bits per heavy atom. The third-order valence-electron chi connectivity index (χ3n) is 7.10. The molecular formula is C31H44O. The van der Waals surface area contributed by atoms with E-state index >= 15 is 0 Å². The van der Waals surface area contributed by atoms with E-state index in [0.29, 0.717) is 0 Å². The van der Waals surface area contributed by atoms with E-state index in [1.54, 1.807) is 0 Å². The van der Waals surface area contributed by atoms with Crippen LogP contribution in [0.5, 0.6) is 0 Å². The Kier molecular flexibility index (Phi) is 11.1. The molecule has 0 unspecified atom stereocenters. The second-order valence-electron chi connectivity index (χ2n) is 9.68. The number of hydrogen-bond donors (Lipinski definition) is 0. The van der Waals surface area contributed by atoms with E-state index in [1.165, 1.54) is 73.6 Å². The van der Waals surface area contributed by atoms with Crippen LogP contribution in [0.3, 0.4) is 0 Å². The highest BCUT2D eigenvalue weighted by Crippen LogP contribution is 2.37. The van der Waals surface area contributed by atoms with Gasteiger partial charge in [-0.05, 0) is 98.8 Å². The van der Waals surface area contributed by atoms with Gasteiger partial charge >= 0.3 is 0 Å². The van der Waals surface area contributed by atoms with Gasteiger partial charge in [-0.2, -0.15) is 0 Å². The van der Waals surface area contributed by atoms with Crippen LogP contribution in [0.15, 0.2) is 60.7 Å². The molecule has 0 atom stereocenters. The van der Waals surface area contributed by atoms with Crippen molar-refractivity contribution in [2.75, 3.05) is 6.61 Å². The SMILES string of the molecule is CC=CCCc1ccc(CCCC[C@H]2CC[C@H](c3ccc(COCCC)cc3)CC2)cc1. The highest BCUT2D eigenvalue weighted by Gasteiger charge is 2.22. The molecule has 0 saturated heterocycles. The van der Waals surface area contributed by atoms with E-state index in [2.05, 4.69) is 74.5 Å². The van der Waals surface area contributed by atoms with Gasteiger partial charge in [0.1, 0.15) is 0 Å². The first-order chi connectivity index (χ1) is 15.8. The zero-order valence-corrected chi connectivity index (χ0v) is 20.5. The van der Waals surface area contributed by atoms with Crippen molar-refractivity contribution in [3.05, 3.63) is 82.9 Å². The highest BCUT2D eigenvalue weighted by atomic mass is 16.5. The Hall–Kier alpha value is -1.86. The average Bonchev–Trinajstić information content (AvgIpc) is 2.84. The molecule has 1 nitrogen and oxygen atoms in total. The van der Waals surface area contributed by atoms with Crippen molar-refractivity contribution in [1.29, 1.82) is 0 Å². The van der Waals surface area contributed by atoms with E-state index in [9.17, 15) is 0 Å². The predicted molar refractivity (Wildman–Crippen MR) is 138 cm³/mol. The first-order valence-electron chi connectivity index (χ1n) is 13.1. The molecule has 174 valence electrons. The lowest BCUT2D eigenvalue weighted by Crippen LogP contribution is -2.13. The smallest absolute Gasteiger partial charge is 0.0716 e. The molecule has 2 aromatic rings. The number of hydrogen-bond acceptors (Lipinski definition) is 1. The molecule has 0 aromatic heterocycles. The van der Waals surface area contributed by atoms with Gasteiger partial charge < -0.3 is 4.74 Å². The summed E-state index contributed by atoms with van der Waals surface area (Å²) in [5.74, 6) is 1.71. The van der Waals surface area contributed by atoms with Gasteiger partial charge in [0, 0.05) is 6.61 Å². The maximum Gasteiger partial charge on any atom is 0.0716 e. The standard InChI is InChI=1S/C31H44O/c1-3-5-6-9-26-12-14-27(15-13-26)10-7-8-11-28-16-20-30(21-17-28)31-22-18-29(19-23-31)25-32-24-4-2/h3,5,12-15,18-19,22-23,28,30H,4,6-11,16-17,20-21,24-25H2,1-2H3/t28-,30-. The number of benzene rings is 2. The molecule has 1 heteroatoms. The molecule has 0 amide bonds. The Labute approximate surface area is 197 Å². The lowest BCUT2D eigenvalue weighted by Gasteiger charge is -2.29. The third kappa shape index (κ3) is 8.58. The molecule has 0 bridgehead atoms. The lowest BCUT2D eigenvalue weighted by atomic mass is 9.77. The van der Waals surface area contributed by atoms with Crippen molar-refractivity contribution in [2.45, 2.75) is 97.0 Å². The molecule has 1 aliphatic carbocycles. The summed E-state index contributed by atoms with van der Waals surface area (Å²) in [5, 5.41) is 0. The molecule has 32 heavy (non-hydrogen) atoms. The molecular weight excluding hydrogens is 388 g/mol. The Morgan fingerprint density at radius 1 is 0.812 bits per heavy atom. The van der Waals surface area contributed by atoms with Crippen LogP contribution in [0.1, 0.15) is 99.8 Å². The zero-order valence-electron chi connectivity index (χ0n) is 20.5. The van der Waals surface area contributed by atoms with Crippen molar-refractivity contribution in [1.82, 2.24) is 0 Å². The molecule has 0 heterocycles. The summed E-state index contributed by atoms with van der Waals surface area (Å²) in [6, 6.07) is 18.6. The molecule has 0 aliphatic heterocycles. The summed E-state index contributed by atoms with van der Waals surface area (Å²) >= 11 is 0. The highest BCUT2D eigenvalue weighted by molar-refractivity contribution is 5.25. The summed E-state index contributed by atoms with van der Waals surface area (Å²) in [6.45, 7) is 5.86. The largest absolute Gasteiger partial charge is 0.377 e. The van der Waals surface area contributed by atoms with E-state index in [4.69, 9.17) is 4.74 Å². The van der Waals surface area contributed by atoms with Crippen LogP contribution in [0.25, 0.3) is 0 Å². The van der Waals surface area contributed by atoms with Gasteiger partial charge in [-0.1, -0.05) is 80.4 Å². The van der Waals surface area contributed by atoms with Crippen LogP contribution >= 0.6 is 0 Å². The number of rotatable bonds is 13. The van der Waals surface area contributed by atoms with Crippen LogP contribution in [-0.4, -0.2) is 6.61 Å². The van der Waals surface area contributed by atoms with Gasteiger partial charge in [-0.15, -0.1) is 0 Å². The second-order valence-corrected chi connectivity index (χ2v) is 9.68. The van der Waals surface area contributed by atoms with Gasteiger partial charge in [0.05, 0.1) is 6.61 Å². The summed E-state index contributed by atoms with van der Waals surface area (Å²) in [7, 11) is 0. The normalized spacial score (nSPS) is 18.9. The van der Waals surface area contributed by atoms with Gasteiger partial charge in [0.2, 0.25) is 0 Å². The topological polar surface area (TPSA) is 9.23 Å². The summed E-state index contributed by atoms with van der Waals surface area (Å²) < 4.78 is 5.66. The Morgan fingerprint density at radius 2 is 1.47 bits per heavy atom. The first-order valence-corrected chi connectivity index (χ1v) is 13.1. The summed E-state index contributed by atoms with van der Waals surface area (Å²) in [6.07, 6.45) is 18.7. The summed E-state index contributed by atoms with van der Waals surface area (Å²) in [4.78, 5) is 0. The zero-order chi connectivity index (χ0) is 22.4. The predicted octanol–water partition coefficient (Wildman–Crippen LogP) is 8.81. The van der Waals surface area contributed by atoms with Gasteiger partial charge in [0.25, 0.3) is 0 Å². The molecule has 1 aliphatic rings. The van der Waals surface area contributed by atoms with E-state index < -0.39 is 0 Å². The molecule has 0 spiro atoms. The Balaban J connectivity index is 1.30. The van der Waals surface area contributed by atoms with Gasteiger partial charge in [-0.25, -0.2) is 0 Å². The van der Waals surface area contributed by atoms with Crippen molar-refractivity contribution >= 4 is 0 Å². The maximum atomic E-state index is 5.66. The van der Waals surface area contributed by atoms with Crippen molar-refractivity contribution < 1.29 is 4.74 Å². The van der Waals surface area contributed by atoms with Crippen molar-refractivity contribution in [3.63, 3.8) is 0 Å². The van der Waals surface area contributed by atoms with E-state index in [1.807, 2.05) is 0 Å². The number of ether oxygens (including phenoxy) is 1.